The van der Waals surface area contributed by atoms with Crippen molar-refractivity contribution in [3.63, 3.8) is 0 Å². The Hall–Kier alpha value is -0.810. The number of nitrogens with zero attached hydrogens (tertiary/aromatic N) is 1. The minimum atomic E-state index is -0.227. The molecule has 2 N–H and O–H groups in total. The highest BCUT2D eigenvalue weighted by Gasteiger charge is 2.29. The predicted molar refractivity (Wildman–Crippen MR) is 54.4 cm³/mol. The van der Waals surface area contributed by atoms with Crippen molar-refractivity contribution < 1.29 is 14.3 Å². The highest BCUT2D eigenvalue weighted by molar-refractivity contribution is 5.68. The number of carbonyl (C=O) groups excluding carboxylic acids is 1. The van der Waals surface area contributed by atoms with Crippen LogP contribution in [-0.4, -0.2) is 49.9 Å². The average Bonchev–Trinajstić information content (AvgIpc) is 2.74. The fourth-order valence-corrected chi connectivity index (χ4v) is 2.05. The van der Waals surface area contributed by atoms with Crippen LogP contribution in [0.5, 0.6) is 0 Å². The van der Waals surface area contributed by atoms with Gasteiger partial charge >= 0.3 is 6.09 Å². The smallest absolute Gasteiger partial charge is 0.409 e. The van der Waals surface area contributed by atoms with Gasteiger partial charge in [-0.2, -0.15) is 0 Å². The number of hydrogen-bond acceptors (Lipinski definition) is 4. The van der Waals surface area contributed by atoms with E-state index >= 15 is 0 Å². The van der Waals surface area contributed by atoms with E-state index in [0.29, 0.717) is 26.2 Å². The van der Waals surface area contributed by atoms with Crippen LogP contribution in [-0.2, 0) is 9.47 Å². The quantitative estimate of drug-likeness (QED) is 0.728. The molecule has 0 saturated carbocycles. The van der Waals surface area contributed by atoms with Gasteiger partial charge in [-0.05, 0) is 12.8 Å². The van der Waals surface area contributed by atoms with E-state index in [2.05, 4.69) is 0 Å². The molecule has 5 heteroatoms. The van der Waals surface area contributed by atoms with Crippen LogP contribution in [0, 0.1) is 5.92 Å². The molecule has 0 aromatic rings. The molecule has 0 spiro atoms. The Morgan fingerprint density at radius 2 is 2.40 bits per heavy atom. The van der Waals surface area contributed by atoms with Gasteiger partial charge in [0.2, 0.25) is 0 Å². The van der Waals surface area contributed by atoms with Crippen molar-refractivity contribution in [1.29, 1.82) is 0 Å². The van der Waals surface area contributed by atoms with Gasteiger partial charge in [0.25, 0.3) is 0 Å². The highest BCUT2D eigenvalue weighted by Crippen LogP contribution is 2.17. The van der Waals surface area contributed by atoms with E-state index in [1.54, 1.807) is 4.90 Å². The fraction of sp³-hybridized carbons (Fsp3) is 0.900. The Morgan fingerprint density at radius 1 is 1.53 bits per heavy atom. The van der Waals surface area contributed by atoms with E-state index in [9.17, 15) is 4.79 Å². The number of ether oxygens (including phenoxy) is 2. The van der Waals surface area contributed by atoms with Crippen LogP contribution in [0.25, 0.3) is 0 Å². The van der Waals surface area contributed by atoms with E-state index in [0.717, 1.165) is 19.4 Å². The SMILES string of the molecule is NCC1COC(=O)N(CC2CCCO2)C1. The largest absolute Gasteiger partial charge is 0.449 e. The number of rotatable bonds is 3. The lowest BCUT2D eigenvalue weighted by Crippen LogP contribution is -2.48. The molecule has 2 aliphatic heterocycles. The molecule has 1 amide bonds. The molecule has 0 aliphatic carbocycles. The first kappa shape index (κ1) is 10.7. The first-order chi connectivity index (χ1) is 7.29. The highest BCUT2D eigenvalue weighted by atomic mass is 16.6. The zero-order valence-corrected chi connectivity index (χ0v) is 8.85. The summed E-state index contributed by atoms with van der Waals surface area (Å²) in [5.41, 5.74) is 5.57. The van der Waals surface area contributed by atoms with Crippen LogP contribution in [0.3, 0.4) is 0 Å². The molecule has 5 nitrogen and oxygen atoms in total. The van der Waals surface area contributed by atoms with Gasteiger partial charge < -0.3 is 20.1 Å². The molecule has 2 atom stereocenters. The molecule has 2 rings (SSSR count). The summed E-state index contributed by atoms with van der Waals surface area (Å²) in [6, 6.07) is 0. The van der Waals surface area contributed by atoms with E-state index in [1.807, 2.05) is 0 Å². The molecule has 15 heavy (non-hydrogen) atoms. The minimum absolute atomic E-state index is 0.189. The molecular formula is C10H18N2O3. The summed E-state index contributed by atoms with van der Waals surface area (Å²) >= 11 is 0. The maximum Gasteiger partial charge on any atom is 0.409 e. The Bertz CT molecular complexity index is 229. The second-order valence-electron chi connectivity index (χ2n) is 4.22. The molecule has 0 aromatic heterocycles. The van der Waals surface area contributed by atoms with Crippen LogP contribution in [0.2, 0.25) is 0 Å². The molecule has 2 heterocycles. The summed E-state index contributed by atoms with van der Waals surface area (Å²) in [6.45, 7) is 3.19. The molecule has 2 fully saturated rings. The van der Waals surface area contributed by atoms with Crippen molar-refractivity contribution in [2.45, 2.75) is 18.9 Å². The van der Waals surface area contributed by atoms with Crippen molar-refractivity contribution in [3.05, 3.63) is 0 Å². The van der Waals surface area contributed by atoms with Crippen molar-refractivity contribution in [3.8, 4) is 0 Å². The molecule has 86 valence electrons. The van der Waals surface area contributed by atoms with E-state index < -0.39 is 0 Å². The summed E-state index contributed by atoms with van der Waals surface area (Å²) in [4.78, 5) is 13.2. The molecule has 2 aliphatic rings. The van der Waals surface area contributed by atoms with Gasteiger partial charge in [-0.15, -0.1) is 0 Å². The molecule has 2 saturated heterocycles. The maximum absolute atomic E-state index is 11.5. The van der Waals surface area contributed by atoms with Crippen molar-refractivity contribution >= 4 is 6.09 Å². The second kappa shape index (κ2) is 4.81. The fourth-order valence-electron chi connectivity index (χ4n) is 2.05. The average molecular weight is 214 g/mol. The molecule has 2 unspecified atom stereocenters. The van der Waals surface area contributed by atoms with Gasteiger partial charge in [0, 0.05) is 25.6 Å². The standard InChI is InChI=1S/C10H18N2O3/c11-4-8-5-12(10(13)15-7-8)6-9-2-1-3-14-9/h8-9H,1-7,11H2. The third-order valence-electron chi connectivity index (χ3n) is 2.96. The van der Waals surface area contributed by atoms with E-state index in [4.69, 9.17) is 15.2 Å². The molecule has 0 aromatic carbocycles. The van der Waals surface area contributed by atoms with Gasteiger partial charge in [0.05, 0.1) is 19.3 Å². The predicted octanol–water partition coefficient (Wildman–Crippen LogP) is 0.192. The van der Waals surface area contributed by atoms with Crippen molar-refractivity contribution in [2.75, 3.05) is 32.8 Å². The summed E-state index contributed by atoms with van der Waals surface area (Å²) < 4.78 is 10.5. The third-order valence-corrected chi connectivity index (χ3v) is 2.96. The number of nitrogens with two attached hydrogens (primary N) is 1. The number of hydrogen-bond donors (Lipinski definition) is 1. The monoisotopic (exact) mass is 214 g/mol. The lowest BCUT2D eigenvalue weighted by Gasteiger charge is -2.32. The first-order valence-corrected chi connectivity index (χ1v) is 5.53. The molecule has 0 bridgehead atoms. The van der Waals surface area contributed by atoms with Gasteiger partial charge in [-0.1, -0.05) is 0 Å². The zero-order valence-electron chi connectivity index (χ0n) is 8.85. The lowest BCUT2D eigenvalue weighted by atomic mass is 10.1. The summed E-state index contributed by atoms with van der Waals surface area (Å²) in [7, 11) is 0. The maximum atomic E-state index is 11.5. The Balaban J connectivity index is 1.85. The van der Waals surface area contributed by atoms with Gasteiger partial charge in [0.15, 0.2) is 0 Å². The molecule has 0 radical (unpaired) electrons. The lowest BCUT2D eigenvalue weighted by molar-refractivity contribution is 0.0176. The molecular weight excluding hydrogens is 196 g/mol. The third kappa shape index (κ3) is 2.60. The summed E-state index contributed by atoms with van der Waals surface area (Å²) in [6.07, 6.45) is 2.09. The van der Waals surface area contributed by atoms with Crippen LogP contribution in [0.4, 0.5) is 4.79 Å². The Kier molecular flexibility index (Phi) is 3.43. The topological polar surface area (TPSA) is 64.8 Å². The number of cyclic esters (lactones) is 1. The van der Waals surface area contributed by atoms with Crippen LogP contribution >= 0.6 is 0 Å². The van der Waals surface area contributed by atoms with Gasteiger partial charge in [0.1, 0.15) is 0 Å². The van der Waals surface area contributed by atoms with E-state index in [1.165, 1.54) is 0 Å². The van der Waals surface area contributed by atoms with E-state index in [-0.39, 0.29) is 18.1 Å². The van der Waals surface area contributed by atoms with Crippen LogP contribution in [0.1, 0.15) is 12.8 Å². The van der Waals surface area contributed by atoms with Crippen LogP contribution < -0.4 is 5.73 Å². The van der Waals surface area contributed by atoms with Gasteiger partial charge in [-0.3, -0.25) is 0 Å². The van der Waals surface area contributed by atoms with Gasteiger partial charge in [-0.25, -0.2) is 4.79 Å². The normalized spacial score (nSPS) is 31.8. The Morgan fingerprint density at radius 3 is 3.07 bits per heavy atom. The van der Waals surface area contributed by atoms with Crippen LogP contribution in [0.15, 0.2) is 0 Å². The summed E-state index contributed by atoms with van der Waals surface area (Å²) in [5, 5.41) is 0. The number of carbonyl (C=O) groups is 1. The first-order valence-electron chi connectivity index (χ1n) is 5.53. The van der Waals surface area contributed by atoms with Crippen molar-refractivity contribution in [2.24, 2.45) is 11.7 Å². The zero-order chi connectivity index (χ0) is 10.7. The summed E-state index contributed by atoms with van der Waals surface area (Å²) in [5.74, 6) is 0.268. The Labute approximate surface area is 89.5 Å². The van der Waals surface area contributed by atoms with Crippen molar-refractivity contribution in [1.82, 2.24) is 4.90 Å². The second-order valence-corrected chi connectivity index (χ2v) is 4.22. The minimum Gasteiger partial charge on any atom is -0.449 e. The number of amides is 1.